The van der Waals surface area contributed by atoms with Gasteiger partial charge in [-0.25, -0.2) is 4.79 Å². The molecule has 0 saturated carbocycles. The van der Waals surface area contributed by atoms with Crippen LogP contribution in [0.25, 0.3) is 0 Å². The second-order valence-electron chi connectivity index (χ2n) is 4.95. The second kappa shape index (κ2) is 9.55. The number of esters is 1. The molecular weight excluding hydrogens is 308 g/mol. The molecule has 0 fully saturated rings. The first-order chi connectivity index (χ1) is 10.9. The first kappa shape index (κ1) is 18.6. The number of allylic oxidation sites excluding steroid dienone is 1. The Kier molecular flexibility index (Phi) is 7.73. The average molecular weight is 327 g/mol. The van der Waals surface area contributed by atoms with Crippen LogP contribution >= 0.6 is 0 Å². The molecule has 1 amide bonds. The van der Waals surface area contributed by atoms with Crippen LogP contribution in [-0.4, -0.2) is 31.6 Å². The van der Waals surface area contributed by atoms with E-state index in [4.69, 9.17) is 4.74 Å². The van der Waals surface area contributed by atoms with Gasteiger partial charge in [-0.2, -0.15) is 8.78 Å². The molecule has 0 bridgehead atoms. The predicted octanol–water partition coefficient (Wildman–Crippen LogP) is 2.46. The van der Waals surface area contributed by atoms with Crippen LogP contribution in [0.15, 0.2) is 35.9 Å². The van der Waals surface area contributed by atoms with E-state index in [1.807, 2.05) is 0 Å². The fourth-order valence-corrected chi connectivity index (χ4v) is 1.65. The fraction of sp³-hybridized carbons (Fsp3) is 0.375. The van der Waals surface area contributed by atoms with E-state index in [1.165, 1.54) is 18.2 Å². The van der Waals surface area contributed by atoms with Gasteiger partial charge in [0.15, 0.2) is 6.61 Å². The van der Waals surface area contributed by atoms with E-state index in [2.05, 4.69) is 10.1 Å². The van der Waals surface area contributed by atoms with Gasteiger partial charge in [0, 0.05) is 12.6 Å². The molecule has 1 rings (SSSR count). The quantitative estimate of drug-likeness (QED) is 0.588. The Labute approximate surface area is 133 Å². The first-order valence-electron chi connectivity index (χ1n) is 6.99. The van der Waals surface area contributed by atoms with Gasteiger partial charge in [0.25, 0.3) is 5.91 Å². The molecule has 5 nitrogen and oxygen atoms in total. The molecule has 1 aromatic carbocycles. The van der Waals surface area contributed by atoms with Crippen molar-refractivity contribution in [2.75, 3.05) is 13.2 Å². The van der Waals surface area contributed by atoms with E-state index >= 15 is 0 Å². The number of hydrogen-bond donors (Lipinski definition) is 1. The number of carbonyl (C=O) groups is 2. The van der Waals surface area contributed by atoms with Crippen LogP contribution < -0.4 is 10.1 Å². The van der Waals surface area contributed by atoms with Crippen molar-refractivity contribution in [2.45, 2.75) is 26.9 Å². The minimum Gasteiger partial charge on any atom is -0.452 e. The van der Waals surface area contributed by atoms with E-state index in [0.29, 0.717) is 13.0 Å². The lowest BCUT2D eigenvalue weighted by molar-refractivity contribution is -0.143. The van der Waals surface area contributed by atoms with Crippen molar-refractivity contribution in [3.8, 4) is 5.75 Å². The number of benzene rings is 1. The molecule has 23 heavy (non-hydrogen) atoms. The number of rotatable bonds is 8. The molecule has 126 valence electrons. The summed E-state index contributed by atoms with van der Waals surface area (Å²) in [4.78, 5) is 22.7. The van der Waals surface area contributed by atoms with Crippen molar-refractivity contribution in [3.05, 3.63) is 41.5 Å². The third kappa shape index (κ3) is 8.55. The standard InChI is InChI=1S/C16H19F2NO4/c1-11(2)9-15(21)22-10-14(20)19-8-7-12-3-5-13(6-4-12)23-16(17)18/h3-6,9,16H,7-8,10H2,1-2H3,(H,19,20). The minimum absolute atomic E-state index is 0.0824. The third-order valence-corrected chi connectivity index (χ3v) is 2.64. The van der Waals surface area contributed by atoms with E-state index in [0.717, 1.165) is 11.1 Å². The van der Waals surface area contributed by atoms with Crippen molar-refractivity contribution in [1.29, 1.82) is 0 Å². The van der Waals surface area contributed by atoms with Crippen molar-refractivity contribution in [2.24, 2.45) is 0 Å². The van der Waals surface area contributed by atoms with Gasteiger partial charge >= 0.3 is 12.6 Å². The zero-order valence-electron chi connectivity index (χ0n) is 13.0. The maximum absolute atomic E-state index is 12.0. The first-order valence-corrected chi connectivity index (χ1v) is 6.99. The molecule has 1 aromatic rings. The van der Waals surface area contributed by atoms with E-state index in [1.54, 1.807) is 26.0 Å². The highest BCUT2D eigenvalue weighted by atomic mass is 19.3. The number of nitrogens with one attached hydrogen (secondary N) is 1. The Morgan fingerprint density at radius 1 is 1.22 bits per heavy atom. The molecule has 0 aliphatic carbocycles. The summed E-state index contributed by atoms with van der Waals surface area (Å²) < 4.78 is 33.0. The van der Waals surface area contributed by atoms with Gasteiger partial charge in [0.1, 0.15) is 5.75 Å². The van der Waals surface area contributed by atoms with Gasteiger partial charge < -0.3 is 14.8 Å². The smallest absolute Gasteiger partial charge is 0.387 e. The summed E-state index contributed by atoms with van der Waals surface area (Å²) in [7, 11) is 0. The summed E-state index contributed by atoms with van der Waals surface area (Å²) in [5.74, 6) is -0.883. The summed E-state index contributed by atoms with van der Waals surface area (Å²) in [6.45, 7) is 0.643. The number of carbonyl (C=O) groups excluding carboxylic acids is 2. The zero-order valence-corrected chi connectivity index (χ0v) is 13.0. The van der Waals surface area contributed by atoms with Crippen molar-refractivity contribution < 1.29 is 27.8 Å². The van der Waals surface area contributed by atoms with Gasteiger partial charge in [-0.3, -0.25) is 4.79 Å². The van der Waals surface area contributed by atoms with E-state index < -0.39 is 18.5 Å². The number of hydrogen-bond acceptors (Lipinski definition) is 4. The summed E-state index contributed by atoms with van der Waals surface area (Å²) >= 11 is 0. The highest BCUT2D eigenvalue weighted by Crippen LogP contribution is 2.14. The summed E-state index contributed by atoms with van der Waals surface area (Å²) in [5, 5.41) is 2.60. The number of amides is 1. The molecule has 0 heterocycles. The minimum atomic E-state index is -2.85. The Hall–Kier alpha value is -2.44. The van der Waals surface area contributed by atoms with Gasteiger partial charge in [0.05, 0.1) is 0 Å². The second-order valence-corrected chi connectivity index (χ2v) is 4.95. The van der Waals surface area contributed by atoms with Crippen molar-refractivity contribution in [1.82, 2.24) is 5.32 Å². The molecule has 0 unspecified atom stereocenters. The Morgan fingerprint density at radius 3 is 2.43 bits per heavy atom. The highest BCUT2D eigenvalue weighted by molar-refractivity contribution is 5.86. The van der Waals surface area contributed by atoms with Gasteiger partial charge in [0.2, 0.25) is 0 Å². The van der Waals surface area contributed by atoms with Crippen LogP contribution in [0.1, 0.15) is 19.4 Å². The lowest BCUT2D eigenvalue weighted by Gasteiger charge is -2.07. The Bertz CT molecular complexity index is 552. The van der Waals surface area contributed by atoms with E-state index in [9.17, 15) is 18.4 Å². The molecule has 0 aliphatic rings. The molecule has 0 spiro atoms. The SMILES string of the molecule is CC(C)=CC(=O)OCC(=O)NCCc1ccc(OC(F)F)cc1. The number of ether oxygens (including phenoxy) is 2. The van der Waals surface area contributed by atoms with Crippen LogP contribution in [-0.2, 0) is 20.7 Å². The van der Waals surface area contributed by atoms with Gasteiger partial charge in [-0.05, 0) is 38.0 Å². The zero-order chi connectivity index (χ0) is 17.2. The summed E-state index contributed by atoms with van der Waals surface area (Å²) in [5.41, 5.74) is 1.64. The lowest BCUT2D eigenvalue weighted by atomic mass is 10.1. The Balaban J connectivity index is 2.27. The molecule has 0 aliphatic heterocycles. The van der Waals surface area contributed by atoms with E-state index in [-0.39, 0.29) is 12.4 Å². The maximum atomic E-state index is 12.0. The average Bonchev–Trinajstić information content (AvgIpc) is 2.46. The lowest BCUT2D eigenvalue weighted by Crippen LogP contribution is -2.30. The van der Waals surface area contributed by atoms with Crippen LogP contribution in [0.2, 0.25) is 0 Å². The maximum Gasteiger partial charge on any atom is 0.387 e. The molecule has 0 saturated heterocycles. The highest BCUT2D eigenvalue weighted by Gasteiger charge is 2.06. The molecule has 7 heteroatoms. The van der Waals surface area contributed by atoms with Crippen LogP contribution in [0.4, 0.5) is 8.78 Å². The van der Waals surface area contributed by atoms with Crippen LogP contribution in [0, 0.1) is 0 Å². The summed E-state index contributed by atoms with van der Waals surface area (Å²) in [6.07, 6.45) is 1.82. The molecule has 0 aromatic heterocycles. The number of alkyl halides is 2. The van der Waals surface area contributed by atoms with Crippen LogP contribution in [0.3, 0.4) is 0 Å². The predicted molar refractivity (Wildman–Crippen MR) is 80.2 cm³/mol. The molecular formula is C16H19F2NO4. The molecule has 1 N–H and O–H groups in total. The van der Waals surface area contributed by atoms with Crippen LogP contribution in [0.5, 0.6) is 5.75 Å². The largest absolute Gasteiger partial charge is 0.452 e. The molecule has 0 atom stereocenters. The molecule has 0 radical (unpaired) electrons. The summed E-state index contributed by atoms with van der Waals surface area (Å²) in [6, 6.07) is 6.15. The normalized spacial score (nSPS) is 10.1. The number of halogens is 2. The topological polar surface area (TPSA) is 64.6 Å². The monoisotopic (exact) mass is 327 g/mol. The Morgan fingerprint density at radius 2 is 1.87 bits per heavy atom. The van der Waals surface area contributed by atoms with Crippen molar-refractivity contribution in [3.63, 3.8) is 0 Å². The van der Waals surface area contributed by atoms with Crippen molar-refractivity contribution >= 4 is 11.9 Å². The van der Waals surface area contributed by atoms with Gasteiger partial charge in [-0.15, -0.1) is 0 Å². The third-order valence-electron chi connectivity index (χ3n) is 2.64. The fourth-order valence-electron chi connectivity index (χ4n) is 1.65. The van der Waals surface area contributed by atoms with Gasteiger partial charge in [-0.1, -0.05) is 17.7 Å².